The summed E-state index contributed by atoms with van der Waals surface area (Å²) in [6, 6.07) is 2.02. The van der Waals surface area contributed by atoms with Crippen LogP contribution in [0.4, 0.5) is 0 Å². The molecule has 4 heteroatoms. The van der Waals surface area contributed by atoms with Crippen LogP contribution in [0.1, 0.15) is 35.5 Å². The fourth-order valence-corrected chi connectivity index (χ4v) is 2.31. The summed E-state index contributed by atoms with van der Waals surface area (Å²) >= 11 is 5.01. The number of hydrogen-bond acceptors (Lipinski definition) is 2. The van der Waals surface area contributed by atoms with Crippen LogP contribution in [0.25, 0.3) is 0 Å². The van der Waals surface area contributed by atoms with Crippen LogP contribution in [-0.2, 0) is 6.42 Å². The molecule has 1 amide bonds. The molecule has 0 saturated carbocycles. The molecule has 0 spiro atoms. The van der Waals surface area contributed by atoms with Crippen molar-refractivity contribution in [1.82, 2.24) is 5.32 Å². The minimum atomic E-state index is 0.0553. The van der Waals surface area contributed by atoms with E-state index < -0.39 is 0 Å². The summed E-state index contributed by atoms with van der Waals surface area (Å²) < 4.78 is 0. The lowest BCUT2D eigenvalue weighted by atomic mass is 10.2. The van der Waals surface area contributed by atoms with Gasteiger partial charge in [-0.25, -0.2) is 0 Å². The Morgan fingerprint density at radius 3 is 2.93 bits per heavy atom. The molecule has 84 valence electrons. The van der Waals surface area contributed by atoms with Gasteiger partial charge in [-0.15, -0.1) is 11.3 Å². The second-order valence-corrected chi connectivity index (χ2v) is 5.56. The Hall–Kier alpha value is -0.350. The number of carbonyl (C=O) groups excluding carboxylic acids is 1. The molecule has 0 aliphatic rings. The Morgan fingerprint density at radius 2 is 2.33 bits per heavy atom. The first-order valence-electron chi connectivity index (χ1n) is 5.17. The molecule has 1 atom stereocenters. The minimum Gasteiger partial charge on any atom is -0.350 e. The summed E-state index contributed by atoms with van der Waals surface area (Å²) in [5, 5.41) is 4.91. The maximum absolute atomic E-state index is 11.8. The van der Waals surface area contributed by atoms with E-state index in [-0.39, 0.29) is 5.91 Å². The molecule has 0 bridgehead atoms. The van der Waals surface area contributed by atoms with Gasteiger partial charge < -0.3 is 5.32 Å². The Balaban J connectivity index is 2.54. The molecule has 1 unspecified atom stereocenters. The first kappa shape index (κ1) is 12.7. The number of alkyl halides is 1. The Bertz CT molecular complexity index is 324. The lowest BCUT2D eigenvalue weighted by Gasteiger charge is -2.08. The molecule has 15 heavy (non-hydrogen) atoms. The highest BCUT2D eigenvalue weighted by atomic mass is 79.9. The third-order valence-electron chi connectivity index (χ3n) is 2.26. The van der Waals surface area contributed by atoms with Gasteiger partial charge in [-0.2, -0.15) is 0 Å². The van der Waals surface area contributed by atoms with Gasteiger partial charge in [-0.05, 0) is 29.9 Å². The zero-order chi connectivity index (χ0) is 11.3. The van der Waals surface area contributed by atoms with Crippen molar-refractivity contribution in [3.63, 3.8) is 0 Å². The molecule has 0 aromatic carbocycles. The van der Waals surface area contributed by atoms with Gasteiger partial charge in [0, 0.05) is 11.4 Å². The van der Waals surface area contributed by atoms with Gasteiger partial charge in [0.05, 0.1) is 4.88 Å². The smallest absolute Gasteiger partial charge is 0.261 e. The number of rotatable bonds is 5. The van der Waals surface area contributed by atoms with Crippen molar-refractivity contribution in [1.29, 1.82) is 0 Å². The quantitative estimate of drug-likeness (QED) is 0.829. The molecule has 1 rings (SSSR count). The molecule has 0 fully saturated rings. The number of carbonyl (C=O) groups is 1. The molecule has 1 heterocycles. The SMILES string of the molecule is CCc1ccsc1C(=O)NCC(Br)CC. The van der Waals surface area contributed by atoms with Crippen molar-refractivity contribution in [3.8, 4) is 0 Å². The van der Waals surface area contributed by atoms with Crippen LogP contribution in [0.15, 0.2) is 11.4 Å². The molecular formula is C11H16BrNOS. The van der Waals surface area contributed by atoms with Crippen LogP contribution in [0, 0.1) is 0 Å². The largest absolute Gasteiger partial charge is 0.350 e. The Morgan fingerprint density at radius 1 is 1.60 bits per heavy atom. The average Bonchev–Trinajstić information content (AvgIpc) is 2.73. The summed E-state index contributed by atoms with van der Waals surface area (Å²) in [6.07, 6.45) is 1.93. The van der Waals surface area contributed by atoms with E-state index in [2.05, 4.69) is 35.1 Å². The number of aryl methyl sites for hydroxylation is 1. The van der Waals surface area contributed by atoms with Crippen LogP contribution in [0.5, 0.6) is 0 Å². The van der Waals surface area contributed by atoms with Gasteiger partial charge >= 0.3 is 0 Å². The third-order valence-corrected chi connectivity index (χ3v) is 4.19. The van der Waals surface area contributed by atoms with Gasteiger partial charge in [0.2, 0.25) is 0 Å². The summed E-state index contributed by atoms with van der Waals surface area (Å²) in [6.45, 7) is 4.85. The van der Waals surface area contributed by atoms with Crippen molar-refractivity contribution in [2.45, 2.75) is 31.5 Å². The topological polar surface area (TPSA) is 29.1 Å². The molecular weight excluding hydrogens is 274 g/mol. The van der Waals surface area contributed by atoms with Crippen LogP contribution < -0.4 is 5.32 Å². The number of thiophene rings is 1. The zero-order valence-corrected chi connectivity index (χ0v) is 11.5. The van der Waals surface area contributed by atoms with Gasteiger partial charge in [0.25, 0.3) is 5.91 Å². The van der Waals surface area contributed by atoms with Crippen molar-refractivity contribution in [2.24, 2.45) is 0 Å². The lowest BCUT2D eigenvalue weighted by molar-refractivity contribution is 0.0957. The number of hydrogen-bond donors (Lipinski definition) is 1. The van der Waals surface area contributed by atoms with Gasteiger partial charge in [-0.1, -0.05) is 29.8 Å². The van der Waals surface area contributed by atoms with E-state index in [1.807, 2.05) is 11.4 Å². The molecule has 1 N–H and O–H groups in total. The molecule has 1 aromatic rings. The maximum Gasteiger partial charge on any atom is 0.261 e. The monoisotopic (exact) mass is 289 g/mol. The maximum atomic E-state index is 11.8. The third kappa shape index (κ3) is 3.61. The molecule has 1 aromatic heterocycles. The van der Waals surface area contributed by atoms with Gasteiger partial charge in [-0.3, -0.25) is 4.79 Å². The lowest BCUT2D eigenvalue weighted by Crippen LogP contribution is -2.29. The van der Waals surface area contributed by atoms with Crippen LogP contribution >= 0.6 is 27.3 Å². The highest BCUT2D eigenvalue weighted by Crippen LogP contribution is 2.17. The molecule has 0 aliphatic carbocycles. The Kier molecular flexibility index (Phi) is 5.32. The second-order valence-electron chi connectivity index (χ2n) is 3.34. The fraction of sp³-hybridized carbons (Fsp3) is 0.545. The predicted molar refractivity (Wildman–Crippen MR) is 69.0 cm³/mol. The van der Waals surface area contributed by atoms with Crippen molar-refractivity contribution < 1.29 is 4.79 Å². The summed E-state index contributed by atoms with van der Waals surface area (Å²) in [4.78, 5) is 13.0. The van der Waals surface area contributed by atoms with E-state index in [0.717, 1.165) is 23.3 Å². The zero-order valence-electron chi connectivity index (χ0n) is 9.05. The predicted octanol–water partition coefficient (Wildman–Crippen LogP) is 3.21. The van der Waals surface area contributed by atoms with E-state index in [4.69, 9.17) is 0 Å². The second kappa shape index (κ2) is 6.28. The van der Waals surface area contributed by atoms with E-state index in [9.17, 15) is 4.79 Å². The van der Waals surface area contributed by atoms with E-state index in [1.165, 1.54) is 11.3 Å². The number of amides is 1. The van der Waals surface area contributed by atoms with Crippen molar-refractivity contribution in [2.75, 3.05) is 6.54 Å². The number of halogens is 1. The minimum absolute atomic E-state index is 0.0553. The standard InChI is InChI=1S/C11H16BrNOS/c1-3-8-5-6-15-10(8)11(14)13-7-9(12)4-2/h5-6,9H,3-4,7H2,1-2H3,(H,13,14). The van der Waals surface area contributed by atoms with E-state index >= 15 is 0 Å². The molecule has 0 radical (unpaired) electrons. The molecule has 0 aliphatic heterocycles. The first-order valence-corrected chi connectivity index (χ1v) is 6.97. The molecule has 0 saturated heterocycles. The van der Waals surface area contributed by atoms with Gasteiger partial charge in [0.1, 0.15) is 0 Å². The van der Waals surface area contributed by atoms with Crippen molar-refractivity contribution in [3.05, 3.63) is 21.9 Å². The molecule has 2 nitrogen and oxygen atoms in total. The van der Waals surface area contributed by atoms with E-state index in [0.29, 0.717) is 11.4 Å². The summed E-state index contributed by atoms with van der Waals surface area (Å²) in [5.41, 5.74) is 1.14. The summed E-state index contributed by atoms with van der Waals surface area (Å²) in [5.74, 6) is 0.0553. The highest BCUT2D eigenvalue weighted by Gasteiger charge is 2.12. The normalized spacial score (nSPS) is 12.5. The number of nitrogens with one attached hydrogen (secondary N) is 1. The first-order chi connectivity index (χ1) is 7.19. The van der Waals surface area contributed by atoms with Crippen LogP contribution in [0.3, 0.4) is 0 Å². The van der Waals surface area contributed by atoms with Gasteiger partial charge in [0.15, 0.2) is 0 Å². The summed E-state index contributed by atoms with van der Waals surface area (Å²) in [7, 11) is 0. The average molecular weight is 290 g/mol. The van der Waals surface area contributed by atoms with Crippen LogP contribution in [0.2, 0.25) is 0 Å². The van der Waals surface area contributed by atoms with Crippen molar-refractivity contribution >= 4 is 33.2 Å². The van der Waals surface area contributed by atoms with Crippen LogP contribution in [-0.4, -0.2) is 17.3 Å². The highest BCUT2D eigenvalue weighted by molar-refractivity contribution is 9.09. The van der Waals surface area contributed by atoms with E-state index in [1.54, 1.807) is 0 Å². The Labute approximate surface area is 103 Å². The fourth-order valence-electron chi connectivity index (χ4n) is 1.24.